The maximum atomic E-state index is 10.5. The van der Waals surface area contributed by atoms with E-state index in [9.17, 15) is 10.4 Å². The fourth-order valence-electron chi connectivity index (χ4n) is 0.222. The predicted molar refractivity (Wildman–Crippen MR) is 32.4 cm³/mol. The van der Waals surface area contributed by atoms with Crippen LogP contribution < -0.4 is 27.1 Å². The summed E-state index contributed by atoms with van der Waals surface area (Å²) in [5.41, 5.74) is 1.88. The second kappa shape index (κ2) is 7.12. The van der Waals surface area contributed by atoms with Crippen LogP contribution in [0.15, 0.2) is 0 Å². The molecule has 0 aliphatic carbocycles. The third kappa shape index (κ3) is 8.36. The summed E-state index contributed by atoms with van der Waals surface area (Å²) in [6.07, 6.45) is 0. The summed E-state index contributed by atoms with van der Waals surface area (Å²) in [6, 6.07) is 0. The minimum absolute atomic E-state index is 0.0647. The molecule has 0 aromatic rings. The summed E-state index contributed by atoms with van der Waals surface area (Å²) in [5, 5.41) is 21.1. The Morgan fingerprint density at radius 3 is 2.64 bits per heavy atom. The number of hydrogen-bond acceptors (Lipinski definition) is 7. The van der Waals surface area contributed by atoms with Crippen LogP contribution in [0.3, 0.4) is 0 Å². The Morgan fingerprint density at radius 1 is 1.55 bits per heavy atom. The van der Waals surface area contributed by atoms with E-state index in [0.29, 0.717) is 0 Å². The third-order valence-electron chi connectivity index (χ3n) is 0.542. The van der Waals surface area contributed by atoms with E-state index in [1.807, 2.05) is 5.64 Å². The van der Waals surface area contributed by atoms with Gasteiger partial charge in [0, 0.05) is 0 Å². The van der Waals surface area contributed by atoms with E-state index >= 15 is 0 Å². The van der Waals surface area contributed by atoms with Crippen molar-refractivity contribution in [2.24, 2.45) is 0 Å². The molecule has 0 aliphatic rings. The van der Waals surface area contributed by atoms with Gasteiger partial charge in [-0.2, -0.15) is 0 Å². The second-order valence-corrected chi connectivity index (χ2v) is 4.09. The summed E-state index contributed by atoms with van der Waals surface area (Å²) in [5.74, 6) is 0. The molecule has 0 spiro atoms. The van der Waals surface area contributed by atoms with E-state index in [0.717, 1.165) is 3.28 Å². The molecule has 8 heteroatoms. The van der Waals surface area contributed by atoms with Crippen LogP contribution in [0, 0.1) is 10.4 Å². The first kappa shape index (κ1) is 11.4. The Kier molecular flexibility index (Phi) is 7.41. The van der Waals surface area contributed by atoms with Crippen molar-refractivity contribution in [3.63, 3.8) is 0 Å². The van der Waals surface area contributed by atoms with Crippen LogP contribution in [0.25, 0.3) is 0 Å². The first-order valence-electron chi connectivity index (χ1n) is 2.56. The van der Waals surface area contributed by atoms with Crippen molar-refractivity contribution in [2.45, 2.75) is 0 Å². The van der Waals surface area contributed by atoms with Crippen molar-refractivity contribution in [1.29, 1.82) is 0 Å². The van der Waals surface area contributed by atoms with Gasteiger partial charge in [0.1, 0.15) is 0 Å². The summed E-state index contributed by atoms with van der Waals surface area (Å²) in [6.45, 7) is 0. The standard InChI is InChI=1S/C3H9IN3O4/c1-6(8)4-3-7(9)11-5-10-2/h5H,3H2,1-2H3/q-3. The zero-order chi connectivity index (χ0) is 8.69. The van der Waals surface area contributed by atoms with E-state index in [1.165, 1.54) is 14.2 Å². The molecular weight excluding hydrogens is 269 g/mol. The van der Waals surface area contributed by atoms with E-state index in [-0.39, 0.29) is 9.78 Å². The van der Waals surface area contributed by atoms with Gasteiger partial charge in [-0.1, -0.05) is 0 Å². The van der Waals surface area contributed by atoms with Crippen LogP contribution in [-0.2, 0) is 9.78 Å². The van der Waals surface area contributed by atoms with Gasteiger partial charge >= 0.3 is 74.5 Å². The molecule has 0 aliphatic heterocycles. The monoisotopic (exact) mass is 278 g/mol. The van der Waals surface area contributed by atoms with Gasteiger partial charge < -0.3 is 0 Å². The van der Waals surface area contributed by atoms with Crippen LogP contribution in [0.5, 0.6) is 0 Å². The molecule has 0 fully saturated rings. The predicted octanol–water partition coefficient (Wildman–Crippen LogP) is -3.83. The van der Waals surface area contributed by atoms with E-state index in [4.69, 9.17) is 0 Å². The summed E-state index contributed by atoms with van der Waals surface area (Å²) < 4.78 is 0.801. The van der Waals surface area contributed by atoms with Gasteiger partial charge in [0.05, 0.1) is 0 Å². The van der Waals surface area contributed by atoms with Gasteiger partial charge in [0.25, 0.3) is 0 Å². The number of alkyl halides is 1. The first-order chi connectivity index (χ1) is 5.16. The average molecular weight is 278 g/mol. The molecule has 70 valence electrons. The molecule has 0 aromatic heterocycles. The molecule has 0 radical (unpaired) electrons. The molecule has 1 N–H and O–H groups in total. The van der Waals surface area contributed by atoms with Crippen molar-refractivity contribution in [2.75, 3.05) is 18.7 Å². The Morgan fingerprint density at radius 2 is 2.18 bits per heavy atom. The molecule has 0 rings (SSSR count). The number of halogens is 1. The summed E-state index contributed by atoms with van der Waals surface area (Å²) >= 11 is -0.822. The van der Waals surface area contributed by atoms with E-state index in [2.05, 4.69) is 9.78 Å². The van der Waals surface area contributed by atoms with Crippen LogP contribution in [0.2, 0.25) is 0 Å². The van der Waals surface area contributed by atoms with Crippen molar-refractivity contribution in [3.8, 4) is 0 Å². The van der Waals surface area contributed by atoms with Gasteiger partial charge in [-0.05, 0) is 0 Å². The average Bonchev–Trinajstić information content (AvgIpc) is 1.97. The molecule has 0 bridgehead atoms. The van der Waals surface area contributed by atoms with Crippen molar-refractivity contribution >= 4 is 0 Å². The molecule has 0 atom stereocenters. The summed E-state index contributed by atoms with van der Waals surface area (Å²) in [4.78, 5) is 8.43. The minimum atomic E-state index is -0.822. The van der Waals surface area contributed by atoms with Crippen molar-refractivity contribution in [1.82, 2.24) is 14.1 Å². The molecule has 11 heavy (non-hydrogen) atoms. The summed E-state index contributed by atoms with van der Waals surface area (Å²) in [7, 11) is 2.67. The molecule has 0 amide bonds. The fraction of sp³-hybridized carbons (Fsp3) is 1.00. The van der Waals surface area contributed by atoms with Gasteiger partial charge in [-0.3, -0.25) is 0 Å². The van der Waals surface area contributed by atoms with Gasteiger partial charge in [-0.25, -0.2) is 0 Å². The van der Waals surface area contributed by atoms with Crippen LogP contribution >= 0.6 is 0 Å². The van der Waals surface area contributed by atoms with Crippen molar-refractivity contribution < 1.29 is 31.3 Å². The molecule has 7 nitrogen and oxygen atoms in total. The van der Waals surface area contributed by atoms with Crippen LogP contribution in [-0.4, -0.2) is 27.2 Å². The Bertz CT molecular complexity index is 94.7. The number of rotatable bonds is 6. The normalized spacial score (nSPS) is 11.8. The number of nitrogens with zero attached hydrogens (tertiary/aromatic N) is 2. The van der Waals surface area contributed by atoms with Crippen LogP contribution in [0.1, 0.15) is 0 Å². The quantitative estimate of drug-likeness (QED) is 0.175. The van der Waals surface area contributed by atoms with E-state index < -0.39 is 21.5 Å². The molecule has 0 heterocycles. The van der Waals surface area contributed by atoms with Crippen molar-refractivity contribution in [3.05, 3.63) is 10.4 Å². The fourth-order valence-corrected chi connectivity index (χ4v) is 1.04. The number of nitrogens with one attached hydrogen (secondary N) is 1. The second-order valence-electron chi connectivity index (χ2n) is 1.37. The van der Waals surface area contributed by atoms with Gasteiger partial charge in [0.15, 0.2) is 0 Å². The Hall–Kier alpha value is 0.450. The van der Waals surface area contributed by atoms with Gasteiger partial charge in [-0.15, -0.1) is 0 Å². The molecule has 0 aromatic carbocycles. The number of hydroxylamine groups is 3. The third-order valence-corrected chi connectivity index (χ3v) is 2.36. The zero-order valence-electron chi connectivity index (χ0n) is 6.11. The molecule has 0 unspecified atom stereocenters. The zero-order valence-corrected chi connectivity index (χ0v) is 8.27. The first-order valence-corrected chi connectivity index (χ1v) is 5.05. The molecular formula is C3H9IN3O4-3. The van der Waals surface area contributed by atoms with Crippen LogP contribution in [0.4, 0.5) is 0 Å². The SMILES string of the molecule is CONON([O-])C[I-]N(C)[O-]. The number of hydrogen-bond donors (Lipinski definition) is 1. The van der Waals surface area contributed by atoms with Gasteiger partial charge in [0.2, 0.25) is 0 Å². The maximum absolute atomic E-state index is 10.5. The molecule has 0 saturated heterocycles. The topological polar surface area (TPSA) is 83.1 Å². The Balaban J connectivity index is 3.15. The molecule has 0 saturated carbocycles. The Labute approximate surface area is 74.9 Å². The van der Waals surface area contributed by atoms with E-state index in [1.54, 1.807) is 0 Å².